The van der Waals surface area contributed by atoms with Gasteiger partial charge in [-0.1, -0.05) is 48.5 Å². The van der Waals surface area contributed by atoms with E-state index in [0.717, 1.165) is 11.1 Å². The minimum Gasteiger partial charge on any atom is -0.508 e. The number of carbonyl (C=O) groups excluding carboxylic acids is 2. The Morgan fingerprint density at radius 2 is 1.37 bits per heavy atom. The molecule has 0 aliphatic heterocycles. The van der Waals surface area contributed by atoms with E-state index in [1.54, 1.807) is 36.4 Å². The Balaban J connectivity index is 1.69. The maximum Gasteiger partial charge on any atom is 0.259 e. The first-order chi connectivity index (χ1) is 14.6. The third kappa shape index (κ3) is 4.24. The number of phenolic OH excluding ortho intramolecular Hbond substituents is 1. The van der Waals surface area contributed by atoms with Crippen molar-refractivity contribution < 1.29 is 14.7 Å². The summed E-state index contributed by atoms with van der Waals surface area (Å²) in [7, 11) is 0. The van der Waals surface area contributed by atoms with Crippen molar-refractivity contribution in [1.82, 2.24) is 0 Å². The second-order valence-corrected chi connectivity index (χ2v) is 7.42. The molecule has 2 amide bonds. The van der Waals surface area contributed by atoms with E-state index < -0.39 is 0 Å². The third-order valence-corrected chi connectivity index (χ3v) is 5.39. The predicted molar refractivity (Wildman–Crippen MR) is 120 cm³/mol. The molecule has 148 valence electrons. The van der Waals surface area contributed by atoms with Crippen LogP contribution in [0.5, 0.6) is 5.75 Å². The molecule has 3 N–H and O–H groups in total. The average Bonchev–Trinajstić information content (AvgIpc) is 3.20. The minimum absolute atomic E-state index is 0.115. The summed E-state index contributed by atoms with van der Waals surface area (Å²) in [4.78, 5) is 25.8. The Hall–Kier alpha value is -3.90. The van der Waals surface area contributed by atoms with Crippen LogP contribution in [-0.4, -0.2) is 16.9 Å². The van der Waals surface area contributed by atoms with Crippen LogP contribution >= 0.6 is 11.3 Å². The molecule has 3 aromatic carbocycles. The van der Waals surface area contributed by atoms with E-state index >= 15 is 0 Å². The van der Waals surface area contributed by atoms with E-state index in [-0.39, 0.29) is 17.6 Å². The van der Waals surface area contributed by atoms with Gasteiger partial charge < -0.3 is 15.7 Å². The SMILES string of the molecule is O=C(Nc1scc(-c2ccccc2)c1C(=O)Nc1ccc(O)cc1)c1ccccc1. The fraction of sp³-hybridized carbons (Fsp3) is 0. The van der Waals surface area contributed by atoms with Crippen LogP contribution < -0.4 is 10.6 Å². The normalized spacial score (nSPS) is 10.4. The zero-order chi connectivity index (χ0) is 20.9. The highest BCUT2D eigenvalue weighted by Crippen LogP contribution is 2.36. The molecule has 0 saturated carbocycles. The lowest BCUT2D eigenvalue weighted by Crippen LogP contribution is -2.17. The first kappa shape index (κ1) is 19.4. The highest BCUT2D eigenvalue weighted by Gasteiger charge is 2.22. The first-order valence-electron chi connectivity index (χ1n) is 9.25. The third-order valence-electron chi connectivity index (χ3n) is 4.49. The maximum absolute atomic E-state index is 13.2. The zero-order valence-corrected chi connectivity index (χ0v) is 16.6. The number of carbonyl (C=O) groups is 2. The van der Waals surface area contributed by atoms with Gasteiger partial charge in [-0.25, -0.2) is 0 Å². The fourth-order valence-corrected chi connectivity index (χ4v) is 3.97. The molecule has 5 nitrogen and oxygen atoms in total. The standard InChI is InChI=1S/C24H18N2O3S/c27-19-13-11-18(12-14-19)25-23(29)21-20(16-7-3-1-4-8-16)15-30-24(21)26-22(28)17-9-5-2-6-10-17/h1-15,27H,(H,25,29)(H,26,28). The molecular weight excluding hydrogens is 396 g/mol. The molecule has 0 unspecified atom stereocenters. The van der Waals surface area contributed by atoms with Crippen molar-refractivity contribution in [2.45, 2.75) is 0 Å². The molecule has 6 heteroatoms. The van der Waals surface area contributed by atoms with Gasteiger partial charge in [0.15, 0.2) is 0 Å². The summed E-state index contributed by atoms with van der Waals surface area (Å²) in [6, 6.07) is 24.6. The molecule has 0 bridgehead atoms. The van der Waals surface area contributed by atoms with Crippen molar-refractivity contribution in [2.75, 3.05) is 10.6 Å². The summed E-state index contributed by atoms with van der Waals surface area (Å²) < 4.78 is 0. The van der Waals surface area contributed by atoms with Crippen molar-refractivity contribution in [3.05, 3.63) is 101 Å². The quantitative estimate of drug-likeness (QED) is 0.371. The van der Waals surface area contributed by atoms with E-state index in [2.05, 4.69) is 10.6 Å². The van der Waals surface area contributed by atoms with Gasteiger partial charge in [-0.05, 0) is 42.0 Å². The van der Waals surface area contributed by atoms with Crippen LogP contribution in [0.3, 0.4) is 0 Å². The van der Waals surface area contributed by atoms with Gasteiger partial charge in [-0.15, -0.1) is 11.3 Å². The van der Waals surface area contributed by atoms with Gasteiger partial charge in [0, 0.05) is 22.2 Å². The number of phenols is 1. The summed E-state index contributed by atoms with van der Waals surface area (Å²) in [5.41, 5.74) is 3.06. The number of hydrogen-bond acceptors (Lipinski definition) is 4. The molecule has 1 aromatic heterocycles. The van der Waals surface area contributed by atoms with Crippen molar-refractivity contribution >= 4 is 33.8 Å². The van der Waals surface area contributed by atoms with E-state index in [0.29, 0.717) is 21.8 Å². The molecule has 0 spiro atoms. The monoisotopic (exact) mass is 414 g/mol. The predicted octanol–water partition coefficient (Wildman–Crippen LogP) is 5.63. The lowest BCUT2D eigenvalue weighted by atomic mass is 10.0. The number of hydrogen-bond donors (Lipinski definition) is 3. The number of aromatic hydroxyl groups is 1. The molecule has 0 radical (unpaired) electrons. The van der Waals surface area contributed by atoms with Crippen LogP contribution in [0.2, 0.25) is 0 Å². The van der Waals surface area contributed by atoms with Crippen molar-refractivity contribution in [1.29, 1.82) is 0 Å². The highest BCUT2D eigenvalue weighted by molar-refractivity contribution is 7.15. The number of nitrogens with one attached hydrogen (secondary N) is 2. The molecule has 0 aliphatic carbocycles. The molecule has 0 saturated heterocycles. The first-order valence-corrected chi connectivity index (χ1v) is 10.1. The van der Waals surface area contributed by atoms with Crippen molar-refractivity contribution in [3.63, 3.8) is 0 Å². The van der Waals surface area contributed by atoms with E-state index in [1.165, 1.54) is 23.5 Å². The van der Waals surface area contributed by atoms with Crippen LogP contribution in [0.15, 0.2) is 90.3 Å². The fourth-order valence-electron chi connectivity index (χ4n) is 3.01. The summed E-state index contributed by atoms with van der Waals surface area (Å²) in [5, 5.41) is 17.5. The molecule has 0 atom stereocenters. The molecule has 4 aromatic rings. The van der Waals surface area contributed by atoms with Crippen LogP contribution in [-0.2, 0) is 0 Å². The summed E-state index contributed by atoms with van der Waals surface area (Å²) in [6.07, 6.45) is 0. The molecule has 30 heavy (non-hydrogen) atoms. The Morgan fingerprint density at radius 3 is 2.03 bits per heavy atom. The van der Waals surface area contributed by atoms with E-state index in [4.69, 9.17) is 0 Å². The summed E-state index contributed by atoms with van der Waals surface area (Å²) >= 11 is 1.30. The maximum atomic E-state index is 13.2. The number of benzene rings is 3. The zero-order valence-electron chi connectivity index (χ0n) is 15.8. The smallest absolute Gasteiger partial charge is 0.259 e. The average molecular weight is 414 g/mol. The Bertz CT molecular complexity index is 1170. The number of amides is 2. The topological polar surface area (TPSA) is 78.4 Å². The van der Waals surface area contributed by atoms with Gasteiger partial charge in [-0.2, -0.15) is 0 Å². The Morgan fingerprint density at radius 1 is 0.733 bits per heavy atom. The molecule has 0 fully saturated rings. The van der Waals surface area contributed by atoms with Gasteiger partial charge in [0.1, 0.15) is 10.8 Å². The molecule has 1 heterocycles. The summed E-state index contributed by atoms with van der Waals surface area (Å²) in [5.74, 6) is -0.510. The molecule has 0 aliphatic rings. The van der Waals surface area contributed by atoms with Gasteiger partial charge >= 0.3 is 0 Å². The minimum atomic E-state index is -0.343. The van der Waals surface area contributed by atoms with Crippen LogP contribution in [0.1, 0.15) is 20.7 Å². The Labute approximate surface area is 177 Å². The van der Waals surface area contributed by atoms with Gasteiger partial charge in [0.2, 0.25) is 0 Å². The molecule has 4 rings (SSSR count). The lowest BCUT2D eigenvalue weighted by Gasteiger charge is -2.10. The van der Waals surface area contributed by atoms with E-state index in [9.17, 15) is 14.7 Å². The molecular formula is C24H18N2O3S. The number of anilines is 2. The lowest BCUT2D eigenvalue weighted by molar-refractivity contribution is 0.102. The second-order valence-electron chi connectivity index (χ2n) is 6.54. The summed E-state index contributed by atoms with van der Waals surface area (Å²) in [6.45, 7) is 0. The van der Waals surface area contributed by atoms with Crippen LogP contribution in [0.25, 0.3) is 11.1 Å². The van der Waals surface area contributed by atoms with Crippen LogP contribution in [0, 0.1) is 0 Å². The van der Waals surface area contributed by atoms with Crippen molar-refractivity contribution in [3.8, 4) is 16.9 Å². The van der Waals surface area contributed by atoms with E-state index in [1.807, 2.05) is 41.8 Å². The number of rotatable bonds is 5. The Kier molecular flexibility index (Phi) is 5.59. The number of thiophene rings is 1. The largest absolute Gasteiger partial charge is 0.508 e. The van der Waals surface area contributed by atoms with Gasteiger partial charge in [0.05, 0.1) is 5.56 Å². The second kappa shape index (κ2) is 8.63. The van der Waals surface area contributed by atoms with Gasteiger partial charge in [0.25, 0.3) is 11.8 Å². The van der Waals surface area contributed by atoms with Crippen molar-refractivity contribution in [2.24, 2.45) is 0 Å². The highest BCUT2D eigenvalue weighted by atomic mass is 32.1. The van der Waals surface area contributed by atoms with Gasteiger partial charge in [-0.3, -0.25) is 9.59 Å². The van der Waals surface area contributed by atoms with Crippen LogP contribution in [0.4, 0.5) is 10.7 Å².